The SMILES string of the molecule is CO[C@@H](C(=O)NC[C@@H](c1ccc(Cl)cc1)N1CCOCC1)c1ccccc1. The molecule has 6 heteroatoms. The quantitative estimate of drug-likeness (QED) is 0.791. The number of amides is 1. The first-order valence-corrected chi connectivity index (χ1v) is 9.49. The Labute approximate surface area is 165 Å². The number of nitrogens with one attached hydrogen (secondary N) is 1. The molecule has 5 nitrogen and oxygen atoms in total. The molecule has 2 atom stereocenters. The average molecular weight is 389 g/mol. The van der Waals surface area contributed by atoms with E-state index < -0.39 is 6.10 Å². The Bertz CT molecular complexity index is 718. The van der Waals surface area contributed by atoms with E-state index in [2.05, 4.69) is 10.2 Å². The number of carbonyl (C=O) groups is 1. The Hall–Kier alpha value is -1.92. The van der Waals surface area contributed by atoms with Crippen molar-refractivity contribution < 1.29 is 14.3 Å². The summed E-state index contributed by atoms with van der Waals surface area (Å²) in [7, 11) is 1.55. The van der Waals surface area contributed by atoms with Gasteiger partial charge in [-0.2, -0.15) is 0 Å². The van der Waals surface area contributed by atoms with Crippen LogP contribution in [-0.4, -0.2) is 50.8 Å². The smallest absolute Gasteiger partial charge is 0.253 e. The molecule has 1 saturated heterocycles. The van der Waals surface area contributed by atoms with Crippen molar-refractivity contribution in [3.8, 4) is 0 Å². The number of benzene rings is 2. The number of rotatable bonds is 7. The van der Waals surface area contributed by atoms with Crippen LogP contribution in [0.25, 0.3) is 0 Å². The third-order valence-electron chi connectivity index (χ3n) is 4.79. The number of hydrogen-bond acceptors (Lipinski definition) is 4. The molecule has 0 aromatic heterocycles. The summed E-state index contributed by atoms with van der Waals surface area (Å²) in [5.41, 5.74) is 1.96. The van der Waals surface area contributed by atoms with Gasteiger partial charge < -0.3 is 14.8 Å². The average Bonchev–Trinajstić information content (AvgIpc) is 2.71. The zero-order valence-corrected chi connectivity index (χ0v) is 16.2. The molecule has 1 N–H and O–H groups in total. The van der Waals surface area contributed by atoms with Gasteiger partial charge in [0.1, 0.15) is 0 Å². The van der Waals surface area contributed by atoms with Crippen LogP contribution < -0.4 is 5.32 Å². The standard InChI is InChI=1S/C21H25ClN2O3/c1-26-20(17-5-3-2-4-6-17)21(25)23-15-19(24-11-13-27-14-12-24)16-7-9-18(22)10-8-16/h2-10,19-20H,11-15H2,1H3,(H,23,25)/t19-,20+/m0/s1. The van der Waals surface area contributed by atoms with Crippen molar-refractivity contribution in [3.05, 3.63) is 70.7 Å². The van der Waals surface area contributed by atoms with E-state index in [0.717, 1.165) is 24.2 Å². The van der Waals surface area contributed by atoms with Gasteiger partial charge in [0.05, 0.1) is 19.3 Å². The number of nitrogens with zero attached hydrogens (tertiary/aromatic N) is 1. The van der Waals surface area contributed by atoms with Crippen LogP contribution >= 0.6 is 11.6 Å². The molecular formula is C21H25ClN2O3. The number of ether oxygens (including phenoxy) is 2. The monoisotopic (exact) mass is 388 g/mol. The van der Waals surface area contributed by atoms with Crippen molar-refractivity contribution in [2.24, 2.45) is 0 Å². The number of morpholine rings is 1. The van der Waals surface area contributed by atoms with Gasteiger partial charge in [0.15, 0.2) is 6.10 Å². The molecule has 0 bridgehead atoms. The van der Waals surface area contributed by atoms with Gasteiger partial charge in [-0.25, -0.2) is 0 Å². The Morgan fingerprint density at radius 3 is 2.41 bits per heavy atom. The summed E-state index contributed by atoms with van der Waals surface area (Å²) in [6, 6.07) is 17.4. The maximum absolute atomic E-state index is 12.7. The van der Waals surface area contributed by atoms with E-state index in [9.17, 15) is 4.79 Å². The van der Waals surface area contributed by atoms with E-state index in [1.54, 1.807) is 7.11 Å². The van der Waals surface area contributed by atoms with Crippen molar-refractivity contribution >= 4 is 17.5 Å². The van der Waals surface area contributed by atoms with Gasteiger partial charge in [-0.05, 0) is 23.3 Å². The lowest BCUT2D eigenvalue weighted by Gasteiger charge is -2.35. The molecule has 2 aromatic carbocycles. The zero-order valence-electron chi connectivity index (χ0n) is 15.4. The van der Waals surface area contributed by atoms with Gasteiger partial charge in [-0.3, -0.25) is 9.69 Å². The lowest BCUT2D eigenvalue weighted by molar-refractivity contribution is -0.131. The van der Waals surface area contributed by atoms with E-state index in [-0.39, 0.29) is 11.9 Å². The summed E-state index contributed by atoms with van der Waals surface area (Å²) in [5.74, 6) is -0.143. The number of halogens is 1. The molecule has 0 saturated carbocycles. The highest BCUT2D eigenvalue weighted by Gasteiger charge is 2.25. The highest BCUT2D eigenvalue weighted by atomic mass is 35.5. The molecule has 0 spiro atoms. The molecule has 1 fully saturated rings. The van der Waals surface area contributed by atoms with Crippen LogP contribution in [0.3, 0.4) is 0 Å². The van der Waals surface area contributed by atoms with Crippen molar-refractivity contribution in [3.63, 3.8) is 0 Å². The zero-order chi connectivity index (χ0) is 19.1. The first-order chi connectivity index (χ1) is 13.2. The third kappa shape index (κ3) is 5.30. The third-order valence-corrected chi connectivity index (χ3v) is 5.04. The fourth-order valence-electron chi connectivity index (χ4n) is 3.34. The van der Waals surface area contributed by atoms with Crippen molar-refractivity contribution in [1.82, 2.24) is 10.2 Å². The summed E-state index contributed by atoms with van der Waals surface area (Å²) < 4.78 is 10.9. The first kappa shape index (κ1) is 19.8. The molecular weight excluding hydrogens is 364 g/mol. The summed E-state index contributed by atoms with van der Waals surface area (Å²) in [6.07, 6.45) is -0.623. The van der Waals surface area contributed by atoms with E-state index in [4.69, 9.17) is 21.1 Å². The van der Waals surface area contributed by atoms with Gasteiger partial charge in [0.25, 0.3) is 5.91 Å². The van der Waals surface area contributed by atoms with Crippen LogP contribution in [-0.2, 0) is 14.3 Å². The molecule has 1 aliphatic heterocycles. The number of carbonyl (C=O) groups excluding carboxylic acids is 1. The lowest BCUT2D eigenvalue weighted by Crippen LogP contribution is -2.44. The molecule has 0 aliphatic carbocycles. The second-order valence-corrected chi connectivity index (χ2v) is 6.92. The molecule has 1 aliphatic rings. The van der Waals surface area contributed by atoms with Crippen LogP contribution in [0.2, 0.25) is 5.02 Å². The van der Waals surface area contributed by atoms with Crippen molar-refractivity contribution in [1.29, 1.82) is 0 Å². The predicted molar refractivity (Wildman–Crippen MR) is 106 cm³/mol. The minimum Gasteiger partial charge on any atom is -0.379 e. The molecule has 27 heavy (non-hydrogen) atoms. The number of methoxy groups -OCH3 is 1. The van der Waals surface area contributed by atoms with Crippen molar-refractivity contribution in [2.45, 2.75) is 12.1 Å². The van der Waals surface area contributed by atoms with Gasteiger partial charge >= 0.3 is 0 Å². The maximum Gasteiger partial charge on any atom is 0.253 e. The fourth-order valence-corrected chi connectivity index (χ4v) is 3.47. The van der Waals surface area contributed by atoms with Crippen LogP contribution in [0.5, 0.6) is 0 Å². The highest BCUT2D eigenvalue weighted by molar-refractivity contribution is 6.30. The summed E-state index contributed by atoms with van der Waals surface area (Å²) in [4.78, 5) is 15.1. The molecule has 3 rings (SSSR count). The Morgan fingerprint density at radius 1 is 1.11 bits per heavy atom. The van der Waals surface area contributed by atoms with Crippen molar-refractivity contribution in [2.75, 3.05) is 40.0 Å². The Balaban J connectivity index is 1.71. The topological polar surface area (TPSA) is 50.8 Å². The summed E-state index contributed by atoms with van der Waals surface area (Å²) >= 11 is 6.04. The van der Waals surface area contributed by atoms with Crippen LogP contribution in [0.15, 0.2) is 54.6 Å². The molecule has 1 heterocycles. The lowest BCUT2D eigenvalue weighted by atomic mass is 10.0. The van der Waals surface area contributed by atoms with Crippen LogP contribution in [0.1, 0.15) is 23.3 Å². The largest absolute Gasteiger partial charge is 0.379 e. The molecule has 2 aromatic rings. The summed E-state index contributed by atoms with van der Waals surface area (Å²) in [5, 5.41) is 3.76. The summed E-state index contributed by atoms with van der Waals surface area (Å²) in [6.45, 7) is 3.55. The minimum atomic E-state index is -0.623. The van der Waals surface area contributed by atoms with E-state index in [1.165, 1.54) is 0 Å². The van der Waals surface area contributed by atoms with E-state index in [1.807, 2.05) is 54.6 Å². The second-order valence-electron chi connectivity index (χ2n) is 6.49. The van der Waals surface area contributed by atoms with Crippen LogP contribution in [0, 0.1) is 0 Å². The molecule has 0 unspecified atom stereocenters. The van der Waals surface area contributed by atoms with E-state index >= 15 is 0 Å². The van der Waals surface area contributed by atoms with E-state index in [0.29, 0.717) is 24.8 Å². The van der Waals surface area contributed by atoms with Gasteiger partial charge in [-0.1, -0.05) is 54.1 Å². The van der Waals surface area contributed by atoms with Gasteiger partial charge in [-0.15, -0.1) is 0 Å². The first-order valence-electron chi connectivity index (χ1n) is 9.11. The van der Waals surface area contributed by atoms with Gasteiger partial charge in [0.2, 0.25) is 0 Å². The predicted octanol–water partition coefficient (Wildman–Crippen LogP) is 3.22. The normalized spacial score (nSPS) is 17.3. The van der Waals surface area contributed by atoms with Gasteiger partial charge in [0, 0.05) is 31.8 Å². The molecule has 0 radical (unpaired) electrons. The Kier molecular flexibility index (Phi) is 7.24. The minimum absolute atomic E-state index is 0.0587. The molecule has 144 valence electrons. The maximum atomic E-state index is 12.7. The fraction of sp³-hybridized carbons (Fsp3) is 0.381. The van der Waals surface area contributed by atoms with Crippen LogP contribution in [0.4, 0.5) is 0 Å². The Morgan fingerprint density at radius 2 is 1.78 bits per heavy atom. The highest BCUT2D eigenvalue weighted by Crippen LogP contribution is 2.24. The number of hydrogen-bond donors (Lipinski definition) is 1. The molecule has 1 amide bonds. The second kappa shape index (κ2) is 9.85.